The molecule has 0 fully saturated rings. The summed E-state index contributed by atoms with van der Waals surface area (Å²) < 4.78 is 24.4. The van der Waals surface area contributed by atoms with Crippen LogP contribution in [-0.2, 0) is 9.84 Å². The maximum atomic E-state index is 12.2. The van der Waals surface area contributed by atoms with Gasteiger partial charge >= 0.3 is 0 Å². The van der Waals surface area contributed by atoms with Crippen molar-refractivity contribution in [2.24, 2.45) is 10.9 Å². The van der Waals surface area contributed by atoms with Gasteiger partial charge in [-0.2, -0.15) is 0 Å². The molecule has 1 atom stereocenters. The van der Waals surface area contributed by atoms with Crippen LogP contribution in [0, 0.1) is 0 Å². The first kappa shape index (κ1) is 17.4. The van der Waals surface area contributed by atoms with Crippen LogP contribution in [0.1, 0.15) is 18.9 Å². The zero-order valence-electron chi connectivity index (χ0n) is 11.9. The van der Waals surface area contributed by atoms with E-state index in [0.717, 1.165) is 6.42 Å². The summed E-state index contributed by atoms with van der Waals surface area (Å²) in [6.45, 7) is 2.12. The summed E-state index contributed by atoms with van der Waals surface area (Å²) in [6, 6.07) is 5.82. The van der Waals surface area contributed by atoms with Gasteiger partial charge in [0.1, 0.15) is 0 Å². The third-order valence-corrected chi connectivity index (χ3v) is 4.83. The Morgan fingerprint density at radius 3 is 2.76 bits per heavy atom. The fraction of sp³-hybridized carbons (Fsp3) is 0.462. The zero-order chi connectivity index (χ0) is 15.9. The highest BCUT2D eigenvalue weighted by Gasteiger charge is 2.16. The molecule has 118 valence electrons. The predicted molar refractivity (Wildman–Crippen MR) is 80.2 cm³/mol. The van der Waals surface area contributed by atoms with Gasteiger partial charge in [0.2, 0.25) is 0 Å². The molecule has 0 amide bonds. The van der Waals surface area contributed by atoms with E-state index < -0.39 is 9.84 Å². The molecule has 0 radical (unpaired) electrons. The highest BCUT2D eigenvalue weighted by molar-refractivity contribution is 7.91. The van der Waals surface area contributed by atoms with E-state index in [1.807, 2.05) is 6.92 Å². The minimum Gasteiger partial charge on any atom is -0.409 e. The van der Waals surface area contributed by atoms with Gasteiger partial charge in [-0.25, -0.2) is 8.42 Å². The van der Waals surface area contributed by atoms with E-state index in [1.165, 1.54) is 18.2 Å². The summed E-state index contributed by atoms with van der Waals surface area (Å²) in [5.41, 5.74) is 5.79. The number of sulfone groups is 1. The third-order valence-electron chi connectivity index (χ3n) is 3.11. The summed E-state index contributed by atoms with van der Waals surface area (Å²) in [5, 5.41) is 23.5. The van der Waals surface area contributed by atoms with Gasteiger partial charge in [-0.1, -0.05) is 24.2 Å². The molecule has 0 aliphatic rings. The SMILES string of the molecule is CCC(CO)NCCS(=O)(=O)c1cccc(/C(N)=N/O)c1. The van der Waals surface area contributed by atoms with Gasteiger partial charge in [0.15, 0.2) is 15.7 Å². The standard InChI is InChI=1S/C13H21N3O4S/c1-2-11(9-17)15-6-7-21(19,20)12-5-3-4-10(8-12)13(14)16-18/h3-5,8,11,15,17-18H,2,6-7,9H2,1H3,(H2,14,16). The fourth-order valence-electron chi connectivity index (χ4n) is 1.76. The van der Waals surface area contributed by atoms with E-state index >= 15 is 0 Å². The molecule has 21 heavy (non-hydrogen) atoms. The molecule has 0 saturated heterocycles. The lowest BCUT2D eigenvalue weighted by atomic mass is 10.2. The quantitative estimate of drug-likeness (QED) is 0.230. The number of oxime groups is 1. The lowest BCUT2D eigenvalue weighted by molar-refractivity contribution is 0.241. The summed E-state index contributed by atoms with van der Waals surface area (Å²) in [6.07, 6.45) is 0.718. The Balaban J connectivity index is 2.79. The number of nitrogens with two attached hydrogens (primary N) is 1. The van der Waals surface area contributed by atoms with Crippen LogP contribution < -0.4 is 11.1 Å². The van der Waals surface area contributed by atoms with Crippen LogP contribution in [-0.4, -0.2) is 49.5 Å². The zero-order valence-corrected chi connectivity index (χ0v) is 12.7. The highest BCUT2D eigenvalue weighted by atomic mass is 32.2. The molecule has 0 saturated carbocycles. The average Bonchev–Trinajstić information content (AvgIpc) is 2.51. The molecule has 8 heteroatoms. The first-order chi connectivity index (χ1) is 9.94. The van der Waals surface area contributed by atoms with Crippen LogP contribution >= 0.6 is 0 Å². The summed E-state index contributed by atoms with van der Waals surface area (Å²) in [5.74, 6) is -0.236. The molecule has 0 spiro atoms. The molecule has 1 aromatic carbocycles. The summed E-state index contributed by atoms with van der Waals surface area (Å²) >= 11 is 0. The Kier molecular flexibility index (Phi) is 6.60. The van der Waals surface area contributed by atoms with Gasteiger partial charge in [0, 0.05) is 18.2 Å². The maximum absolute atomic E-state index is 12.2. The second kappa shape index (κ2) is 7.96. The number of hydrogen-bond acceptors (Lipinski definition) is 6. The van der Waals surface area contributed by atoms with Crippen molar-refractivity contribution in [1.29, 1.82) is 0 Å². The molecule has 0 heterocycles. The van der Waals surface area contributed by atoms with Crippen LogP contribution in [0.3, 0.4) is 0 Å². The monoisotopic (exact) mass is 315 g/mol. The number of nitrogens with zero attached hydrogens (tertiary/aromatic N) is 1. The number of hydrogen-bond donors (Lipinski definition) is 4. The van der Waals surface area contributed by atoms with Crippen molar-refractivity contribution in [1.82, 2.24) is 5.32 Å². The first-order valence-electron chi connectivity index (χ1n) is 6.59. The second-order valence-corrected chi connectivity index (χ2v) is 6.68. The lowest BCUT2D eigenvalue weighted by Crippen LogP contribution is -2.35. The third kappa shape index (κ3) is 5.00. The van der Waals surface area contributed by atoms with Crippen molar-refractivity contribution in [2.75, 3.05) is 18.9 Å². The Morgan fingerprint density at radius 1 is 1.48 bits per heavy atom. The summed E-state index contributed by atoms with van der Waals surface area (Å²) in [4.78, 5) is 0.116. The maximum Gasteiger partial charge on any atom is 0.179 e. The molecule has 1 aromatic rings. The van der Waals surface area contributed by atoms with E-state index in [1.54, 1.807) is 6.07 Å². The molecule has 1 rings (SSSR count). The normalized spacial score (nSPS) is 14.1. The number of rotatable bonds is 8. The molecule has 0 aliphatic carbocycles. The first-order valence-corrected chi connectivity index (χ1v) is 8.24. The Bertz CT molecular complexity index is 583. The van der Waals surface area contributed by atoms with Gasteiger partial charge in [0.25, 0.3) is 0 Å². The lowest BCUT2D eigenvalue weighted by Gasteiger charge is -2.14. The topological polar surface area (TPSA) is 125 Å². The largest absolute Gasteiger partial charge is 0.409 e. The highest BCUT2D eigenvalue weighted by Crippen LogP contribution is 2.13. The van der Waals surface area contributed by atoms with Gasteiger partial charge < -0.3 is 21.4 Å². The van der Waals surface area contributed by atoms with E-state index in [-0.39, 0.29) is 35.7 Å². The van der Waals surface area contributed by atoms with E-state index in [9.17, 15) is 8.42 Å². The van der Waals surface area contributed by atoms with Gasteiger partial charge in [-0.15, -0.1) is 0 Å². The Labute approximate surface area is 124 Å². The van der Waals surface area contributed by atoms with Gasteiger partial charge in [-0.05, 0) is 18.6 Å². The molecule has 5 N–H and O–H groups in total. The van der Waals surface area contributed by atoms with Crippen molar-refractivity contribution in [2.45, 2.75) is 24.3 Å². The number of aliphatic hydroxyl groups is 1. The number of nitrogens with one attached hydrogen (secondary N) is 1. The van der Waals surface area contributed by atoms with E-state index in [2.05, 4.69) is 10.5 Å². The molecule has 0 bridgehead atoms. The van der Waals surface area contributed by atoms with Crippen LogP contribution in [0.4, 0.5) is 0 Å². The predicted octanol–water partition coefficient (Wildman–Crippen LogP) is -0.0847. The summed E-state index contributed by atoms with van der Waals surface area (Å²) in [7, 11) is -3.47. The van der Waals surface area contributed by atoms with Crippen molar-refractivity contribution in [3.63, 3.8) is 0 Å². The van der Waals surface area contributed by atoms with Crippen LogP contribution in [0.5, 0.6) is 0 Å². The molecule has 0 aromatic heterocycles. The Morgan fingerprint density at radius 2 is 2.19 bits per heavy atom. The smallest absolute Gasteiger partial charge is 0.179 e. The molecular formula is C13H21N3O4S. The number of amidine groups is 1. The Hall–Kier alpha value is -1.64. The van der Waals surface area contributed by atoms with Crippen molar-refractivity contribution in [3.05, 3.63) is 29.8 Å². The van der Waals surface area contributed by atoms with Gasteiger partial charge in [-0.3, -0.25) is 0 Å². The average molecular weight is 315 g/mol. The van der Waals surface area contributed by atoms with Crippen LogP contribution in [0.25, 0.3) is 0 Å². The van der Waals surface area contributed by atoms with Crippen LogP contribution in [0.2, 0.25) is 0 Å². The van der Waals surface area contributed by atoms with E-state index in [0.29, 0.717) is 5.56 Å². The molecular weight excluding hydrogens is 294 g/mol. The molecule has 7 nitrogen and oxygen atoms in total. The second-order valence-electron chi connectivity index (χ2n) is 4.57. The van der Waals surface area contributed by atoms with Crippen molar-refractivity contribution in [3.8, 4) is 0 Å². The number of benzene rings is 1. The van der Waals surface area contributed by atoms with Crippen molar-refractivity contribution < 1.29 is 18.7 Å². The van der Waals surface area contributed by atoms with Crippen molar-refractivity contribution >= 4 is 15.7 Å². The fourth-order valence-corrected chi connectivity index (χ4v) is 2.97. The van der Waals surface area contributed by atoms with Gasteiger partial charge in [0.05, 0.1) is 17.3 Å². The number of aliphatic hydroxyl groups excluding tert-OH is 1. The minimum atomic E-state index is -3.47. The van der Waals surface area contributed by atoms with Crippen LogP contribution in [0.15, 0.2) is 34.3 Å². The minimum absolute atomic E-state index is 0.0322. The molecule has 0 aliphatic heterocycles. The van der Waals surface area contributed by atoms with E-state index in [4.69, 9.17) is 16.0 Å². The molecule has 1 unspecified atom stereocenters.